The van der Waals surface area contributed by atoms with Crippen molar-refractivity contribution in [1.82, 2.24) is 10.6 Å². The van der Waals surface area contributed by atoms with Gasteiger partial charge in [0.05, 0.1) is 6.61 Å². The van der Waals surface area contributed by atoms with E-state index in [1.165, 1.54) is 0 Å². The van der Waals surface area contributed by atoms with Gasteiger partial charge in [0.2, 0.25) is 3.79 Å². The summed E-state index contributed by atoms with van der Waals surface area (Å²) in [5.41, 5.74) is 0. The standard InChI is InChI=1S/C7H13Cl3N2O2/c1-3-11-5(7(8,9)10)12-6(13)14-4-2/h5,11H,3-4H2,1-2H3,(H,12,13)/t5-/m1/s1. The summed E-state index contributed by atoms with van der Waals surface area (Å²) >= 11 is 16.9. The Morgan fingerprint density at radius 2 is 2.00 bits per heavy atom. The van der Waals surface area contributed by atoms with Crippen LogP contribution in [0, 0.1) is 0 Å². The lowest BCUT2D eigenvalue weighted by atomic mass is 10.5. The van der Waals surface area contributed by atoms with E-state index < -0.39 is 16.1 Å². The molecule has 0 aromatic carbocycles. The van der Waals surface area contributed by atoms with E-state index in [-0.39, 0.29) is 6.61 Å². The van der Waals surface area contributed by atoms with Crippen LogP contribution in [-0.2, 0) is 4.74 Å². The Morgan fingerprint density at radius 1 is 1.43 bits per heavy atom. The van der Waals surface area contributed by atoms with E-state index in [0.717, 1.165) is 0 Å². The first-order valence-electron chi connectivity index (χ1n) is 4.15. The number of hydrogen-bond donors (Lipinski definition) is 2. The van der Waals surface area contributed by atoms with Crippen LogP contribution < -0.4 is 10.6 Å². The maximum absolute atomic E-state index is 11.0. The number of halogens is 3. The highest BCUT2D eigenvalue weighted by Crippen LogP contribution is 2.28. The van der Waals surface area contributed by atoms with Gasteiger partial charge in [-0.15, -0.1) is 0 Å². The Bertz CT molecular complexity index is 184. The van der Waals surface area contributed by atoms with Crippen molar-refractivity contribution in [1.29, 1.82) is 0 Å². The molecular weight excluding hydrogens is 250 g/mol. The Kier molecular flexibility index (Phi) is 6.61. The molecule has 0 saturated carbocycles. The zero-order valence-electron chi connectivity index (χ0n) is 7.94. The largest absolute Gasteiger partial charge is 0.450 e. The van der Waals surface area contributed by atoms with Crippen molar-refractivity contribution in [3.63, 3.8) is 0 Å². The number of ether oxygens (including phenoxy) is 1. The second-order valence-electron chi connectivity index (χ2n) is 2.40. The van der Waals surface area contributed by atoms with Gasteiger partial charge in [-0.05, 0) is 13.5 Å². The smallest absolute Gasteiger partial charge is 0.408 e. The van der Waals surface area contributed by atoms with Crippen LogP contribution in [0.5, 0.6) is 0 Å². The van der Waals surface area contributed by atoms with Crippen LogP contribution in [0.25, 0.3) is 0 Å². The van der Waals surface area contributed by atoms with Gasteiger partial charge in [-0.1, -0.05) is 41.7 Å². The van der Waals surface area contributed by atoms with Crippen molar-refractivity contribution >= 4 is 40.9 Å². The van der Waals surface area contributed by atoms with Crippen molar-refractivity contribution < 1.29 is 9.53 Å². The molecule has 0 spiro atoms. The van der Waals surface area contributed by atoms with E-state index >= 15 is 0 Å². The maximum atomic E-state index is 11.0. The number of nitrogens with one attached hydrogen (secondary N) is 2. The normalized spacial score (nSPS) is 13.5. The fourth-order valence-corrected chi connectivity index (χ4v) is 1.14. The lowest BCUT2D eigenvalue weighted by Gasteiger charge is -2.25. The molecule has 0 saturated heterocycles. The van der Waals surface area contributed by atoms with Crippen molar-refractivity contribution in [2.24, 2.45) is 0 Å². The molecule has 0 heterocycles. The summed E-state index contributed by atoms with van der Waals surface area (Å²) < 4.78 is 3.04. The summed E-state index contributed by atoms with van der Waals surface area (Å²) in [6.45, 7) is 4.35. The molecule has 0 aliphatic heterocycles. The summed E-state index contributed by atoms with van der Waals surface area (Å²) in [6.07, 6.45) is -1.39. The summed E-state index contributed by atoms with van der Waals surface area (Å²) in [7, 11) is 0. The first-order chi connectivity index (χ1) is 6.41. The maximum Gasteiger partial charge on any atom is 0.408 e. The molecule has 0 aliphatic carbocycles. The second-order valence-corrected chi connectivity index (χ2v) is 4.77. The highest BCUT2D eigenvalue weighted by molar-refractivity contribution is 6.68. The van der Waals surface area contributed by atoms with Gasteiger partial charge in [0.1, 0.15) is 6.17 Å². The summed E-state index contributed by atoms with van der Waals surface area (Å²) in [5.74, 6) is 0. The van der Waals surface area contributed by atoms with E-state index in [1.54, 1.807) is 6.92 Å². The summed E-state index contributed by atoms with van der Waals surface area (Å²) in [4.78, 5) is 11.0. The van der Waals surface area contributed by atoms with Gasteiger partial charge in [0, 0.05) is 0 Å². The first kappa shape index (κ1) is 14.1. The number of hydrogen-bond acceptors (Lipinski definition) is 3. The fraction of sp³-hybridized carbons (Fsp3) is 0.857. The van der Waals surface area contributed by atoms with E-state index in [1.807, 2.05) is 6.92 Å². The molecule has 4 nitrogen and oxygen atoms in total. The Morgan fingerprint density at radius 3 is 2.36 bits per heavy atom. The van der Waals surface area contributed by atoms with Crippen LogP contribution in [0.4, 0.5) is 4.79 Å². The van der Waals surface area contributed by atoms with Crippen LogP contribution in [0.3, 0.4) is 0 Å². The number of alkyl halides is 3. The molecule has 2 N–H and O–H groups in total. The SMILES string of the molecule is CCN[C@H](NC(=O)OCC)C(Cl)(Cl)Cl. The monoisotopic (exact) mass is 262 g/mol. The highest BCUT2D eigenvalue weighted by Gasteiger charge is 2.33. The van der Waals surface area contributed by atoms with Crippen LogP contribution in [0.15, 0.2) is 0 Å². The van der Waals surface area contributed by atoms with Gasteiger partial charge in [0.25, 0.3) is 0 Å². The van der Waals surface area contributed by atoms with E-state index in [0.29, 0.717) is 6.54 Å². The van der Waals surface area contributed by atoms with E-state index in [4.69, 9.17) is 34.8 Å². The third-order valence-corrected chi connectivity index (χ3v) is 1.93. The number of alkyl carbamates (subject to hydrolysis) is 1. The molecule has 0 unspecified atom stereocenters. The Labute approximate surface area is 98.2 Å². The average molecular weight is 264 g/mol. The van der Waals surface area contributed by atoms with E-state index in [2.05, 4.69) is 15.4 Å². The number of carbonyl (C=O) groups excluding carboxylic acids is 1. The Hall–Kier alpha value is 0.1000. The topological polar surface area (TPSA) is 50.4 Å². The minimum absolute atomic E-state index is 0.268. The minimum atomic E-state index is -1.61. The van der Waals surface area contributed by atoms with Gasteiger partial charge in [-0.25, -0.2) is 4.79 Å². The van der Waals surface area contributed by atoms with Crippen LogP contribution in [-0.4, -0.2) is 29.2 Å². The molecule has 0 fully saturated rings. The summed E-state index contributed by atoms with van der Waals surface area (Å²) in [6, 6.07) is 0. The molecular formula is C7H13Cl3N2O2. The molecule has 1 atom stereocenters. The molecule has 84 valence electrons. The van der Waals surface area contributed by atoms with Crippen LogP contribution >= 0.6 is 34.8 Å². The highest BCUT2D eigenvalue weighted by atomic mass is 35.6. The quantitative estimate of drug-likeness (QED) is 0.603. The first-order valence-corrected chi connectivity index (χ1v) is 5.28. The van der Waals surface area contributed by atoms with Gasteiger partial charge in [-0.2, -0.15) is 0 Å². The lowest BCUT2D eigenvalue weighted by molar-refractivity contribution is 0.146. The molecule has 0 bridgehead atoms. The zero-order chi connectivity index (χ0) is 11.2. The molecule has 0 rings (SSSR count). The zero-order valence-corrected chi connectivity index (χ0v) is 10.2. The average Bonchev–Trinajstić information content (AvgIpc) is 2.02. The third kappa shape index (κ3) is 5.75. The van der Waals surface area contributed by atoms with Gasteiger partial charge >= 0.3 is 6.09 Å². The fourth-order valence-electron chi connectivity index (χ4n) is 0.743. The third-order valence-electron chi connectivity index (χ3n) is 1.27. The molecule has 0 aliphatic rings. The number of carbonyl (C=O) groups is 1. The van der Waals surface area contributed by atoms with E-state index in [9.17, 15) is 4.79 Å². The number of rotatable bonds is 4. The number of amides is 1. The van der Waals surface area contributed by atoms with Gasteiger partial charge < -0.3 is 10.1 Å². The van der Waals surface area contributed by atoms with Crippen LogP contribution in [0.1, 0.15) is 13.8 Å². The van der Waals surface area contributed by atoms with Crippen molar-refractivity contribution in [3.05, 3.63) is 0 Å². The van der Waals surface area contributed by atoms with Crippen molar-refractivity contribution in [2.45, 2.75) is 23.8 Å². The van der Waals surface area contributed by atoms with Gasteiger partial charge in [0.15, 0.2) is 0 Å². The van der Waals surface area contributed by atoms with Crippen LogP contribution in [0.2, 0.25) is 0 Å². The molecule has 0 aromatic heterocycles. The summed E-state index contributed by atoms with van der Waals surface area (Å²) in [5, 5.41) is 5.19. The van der Waals surface area contributed by atoms with Crippen molar-refractivity contribution in [3.8, 4) is 0 Å². The molecule has 1 amide bonds. The Balaban J connectivity index is 4.16. The lowest BCUT2D eigenvalue weighted by Crippen LogP contribution is -2.53. The molecule has 0 aromatic rings. The molecule has 7 heteroatoms. The molecule has 0 radical (unpaired) electrons. The minimum Gasteiger partial charge on any atom is -0.450 e. The van der Waals surface area contributed by atoms with Crippen molar-refractivity contribution in [2.75, 3.05) is 13.2 Å². The molecule has 14 heavy (non-hydrogen) atoms. The second kappa shape index (κ2) is 6.56. The predicted octanol–water partition coefficient (Wildman–Crippen LogP) is 2.04. The predicted molar refractivity (Wildman–Crippen MR) is 57.9 cm³/mol. The van der Waals surface area contributed by atoms with Gasteiger partial charge in [-0.3, -0.25) is 5.32 Å².